The van der Waals surface area contributed by atoms with Crippen LogP contribution in [0.2, 0.25) is 0 Å². The highest BCUT2D eigenvalue weighted by molar-refractivity contribution is 7.11. The maximum atomic E-state index is 12.5. The van der Waals surface area contributed by atoms with E-state index in [-0.39, 0.29) is 23.7 Å². The number of anilines is 1. The molecule has 2 N–H and O–H groups in total. The van der Waals surface area contributed by atoms with Crippen LogP contribution >= 0.6 is 11.3 Å². The summed E-state index contributed by atoms with van der Waals surface area (Å²) in [7, 11) is 0. The van der Waals surface area contributed by atoms with Crippen molar-refractivity contribution in [3.8, 4) is 17.0 Å². The number of aliphatic hydroxyl groups is 1. The number of ether oxygens (including phenoxy) is 1. The van der Waals surface area contributed by atoms with Crippen molar-refractivity contribution in [2.45, 2.75) is 13.3 Å². The van der Waals surface area contributed by atoms with Crippen LogP contribution in [0.25, 0.3) is 16.8 Å². The maximum Gasteiger partial charge on any atom is 0.573 e. The Bertz CT molecular complexity index is 1140. The van der Waals surface area contributed by atoms with Gasteiger partial charge in [-0.1, -0.05) is 35.9 Å². The molecule has 154 valence electrons. The molecular weight excluding hydrogens is 415 g/mol. The third-order valence-electron chi connectivity index (χ3n) is 4.53. The molecule has 3 aromatic rings. The third kappa shape index (κ3) is 4.02. The molecule has 5 nitrogen and oxygen atoms in total. The van der Waals surface area contributed by atoms with Crippen molar-refractivity contribution >= 4 is 28.4 Å². The monoisotopic (exact) mass is 431 g/mol. The predicted molar refractivity (Wildman–Crippen MR) is 110 cm³/mol. The van der Waals surface area contributed by atoms with Gasteiger partial charge < -0.3 is 14.7 Å². The lowest BCUT2D eigenvalue weighted by Crippen LogP contribution is -2.26. The molecule has 9 heteroatoms. The van der Waals surface area contributed by atoms with Crippen LogP contribution in [0.3, 0.4) is 0 Å². The van der Waals surface area contributed by atoms with Gasteiger partial charge in [-0.3, -0.25) is 5.41 Å². The Balaban J connectivity index is 1.59. The molecule has 30 heavy (non-hydrogen) atoms. The van der Waals surface area contributed by atoms with Crippen molar-refractivity contribution in [3.05, 3.63) is 70.2 Å². The normalized spacial score (nSPS) is 14.5. The van der Waals surface area contributed by atoms with Crippen LogP contribution in [0, 0.1) is 12.3 Å². The highest BCUT2D eigenvalue weighted by Crippen LogP contribution is 2.36. The summed E-state index contributed by atoms with van der Waals surface area (Å²) in [5, 5.41) is 21.3. The lowest BCUT2D eigenvalue weighted by Gasteiger charge is -2.19. The summed E-state index contributed by atoms with van der Waals surface area (Å²) in [4.78, 5) is 5.95. The largest absolute Gasteiger partial charge is 0.573 e. The summed E-state index contributed by atoms with van der Waals surface area (Å²) >= 11 is 1.29. The number of hydrogen-bond acceptors (Lipinski definition) is 5. The predicted octanol–water partition coefficient (Wildman–Crippen LogP) is 5.78. The summed E-state index contributed by atoms with van der Waals surface area (Å²) in [5.74, 6) is -0.495. The quantitative estimate of drug-likeness (QED) is 0.549. The van der Waals surface area contributed by atoms with Crippen LogP contribution in [0.1, 0.15) is 10.6 Å². The van der Waals surface area contributed by atoms with Crippen molar-refractivity contribution < 1.29 is 23.0 Å². The molecule has 0 amide bonds. The van der Waals surface area contributed by atoms with Crippen molar-refractivity contribution in [1.29, 1.82) is 5.41 Å². The Kier molecular flexibility index (Phi) is 4.98. The number of aryl methyl sites for hydroxylation is 1. The minimum atomic E-state index is -4.81. The second-order valence-corrected chi connectivity index (χ2v) is 7.56. The van der Waals surface area contributed by atoms with E-state index in [2.05, 4.69) is 9.72 Å². The lowest BCUT2D eigenvalue weighted by atomic mass is 10.1. The fourth-order valence-electron chi connectivity index (χ4n) is 3.12. The molecule has 4 rings (SSSR count). The number of halogens is 3. The molecule has 2 aromatic carbocycles. The summed E-state index contributed by atoms with van der Waals surface area (Å²) in [5.41, 5.74) is 3.34. The van der Waals surface area contributed by atoms with Crippen molar-refractivity contribution in [2.24, 2.45) is 0 Å². The molecule has 1 aliphatic rings. The van der Waals surface area contributed by atoms with E-state index < -0.39 is 12.1 Å². The van der Waals surface area contributed by atoms with Gasteiger partial charge in [-0.05, 0) is 19.1 Å². The van der Waals surface area contributed by atoms with Gasteiger partial charge in [-0.2, -0.15) is 0 Å². The topological polar surface area (TPSA) is 69.4 Å². The van der Waals surface area contributed by atoms with E-state index >= 15 is 0 Å². The highest BCUT2D eigenvalue weighted by atomic mass is 32.1. The number of hydrogen-bond donors (Lipinski definition) is 2. The summed E-state index contributed by atoms with van der Waals surface area (Å²) in [6.07, 6.45) is -4.81. The number of benzene rings is 2. The first-order chi connectivity index (χ1) is 14.2. The molecule has 2 heterocycles. The first-order valence-electron chi connectivity index (χ1n) is 8.88. The molecule has 0 bridgehead atoms. The van der Waals surface area contributed by atoms with Gasteiger partial charge in [-0.25, -0.2) is 4.98 Å². The van der Waals surface area contributed by atoms with Gasteiger partial charge in [0.15, 0.2) is 0 Å². The van der Waals surface area contributed by atoms with Crippen molar-refractivity contribution in [3.63, 3.8) is 0 Å². The Morgan fingerprint density at radius 3 is 2.60 bits per heavy atom. The SMILES string of the molecule is Cc1ccc(-c2csc(C3=C(O)CN(c4cccc(OC(F)(F)F)c4)C3=N)n2)cc1. The highest BCUT2D eigenvalue weighted by Gasteiger charge is 2.33. The van der Waals surface area contributed by atoms with Crippen LogP contribution in [0.4, 0.5) is 18.9 Å². The Morgan fingerprint density at radius 1 is 1.17 bits per heavy atom. The van der Waals surface area contributed by atoms with Gasteiger partial charge in [0, 0.05) is 22.7 Å². The number of aromatic nitrogens is 1. The Morgan fingerprint density at radius 2 is 1.90 bits per heavy atom. The van der Waals surface area contributed by atoms with Gasteiger partial charge in [0.25, 0.3) is 0 Å². The summed E-state index contributed by atoms with van der Waals surface area (Å²) < 4.78 is 41.5. The van der Waals surface area contributed by atoms with Gasteiger partial charge in [0.05, 0.1) is 17.8 Å². The van der Waals surface area contributed by atoms with E-state index in [9.17, 15) is 18.3 Å². The van der Waals surface area contributed by atoms with E-state index in [1.54, 1.807) is 6.07 Å². The number of amidine groups is 1. The molecule has 0 atom stereocenters. The standard InChI is InChI=1S/C21H16F3N3O2S/c1-12-5-7-13(8-6-12)16-11-30-20(26-16)18-17(28)10-27(19(18)25)14-3-2-4-15(9-14)29-21(22,23)24/h2-9,11,25,28H,10H2,1H3. The first-order valence-corrected chi connectivity index (χ1v) is 9.76. The van der Waals surface area contributed by atoms with Gasteiger partial charge in [-0.15, -0.1) is 24.5 Å². The van der Waals surface area contributed by atoms with E-state index in [0.717, 1.165) is 16.8 Å². The summed E-state index contributed by atoms with van der Waals surface area (Å²) in [6.45, 7) is 1.95. The molecule has 0 radical (unpaired) electrons. The number of alkyl halides is 3. The lowest BCUT2D eigenvalue weighted by molar-refractivity contribution is -0.274. The van der Waals surface area contributed by atoms with Crippen LogP contribution in [0.15, 0.2) is 59.7 Å². The molecule has 0 fully saturated rings. The van der Waals surface area contributed by atoms with Crippen molar-refractivity contribution in [1.82, 2.24) is 4.98 Å². The summed E-state index contributed by atoms with van der Waals surface area (Å²) in [6, 6.07) is 13.1. The minimum Gasteiger partial charge on any atom is -0.510 e. The van der Waals surface area contributed by atoms with Crippen LogP contribution in [-0.4, -0.2) is 28.8 Å². The number of rotatable bonds is 4. The molecule has 0 unspecified atom stereocenters. The first kappa shape index (κ1) is 20.0. The van der Waals surface area contributed by atoms with Crippen LogP contribution < -0.4 is 9.64 Å². The number of nitrogens with zero attached hydrogens (tertiary/aromatic N) is 2. The van der Waals surface area contributed by atoms with Crippen LogP contribution in [0.5, 0.6) is 5.75 Å². The second-order valence-electron chi connectivity index (χ2n) is 6.71. The third-order valence-corrected chi connectivity index (χ3v) is 5.39. The second kappa shape index (κ2) is 7.49. The Hall–Kier alpha value is -3.33. The maximum absolute atomic E-state index is 12.5. The van der Waals surface area contributed by atoms with E-state index in [4.69, 9.17) is 5.41 Å². The van der Waals surface area contributed by atoms with E-state index in [0.29, 0.717) is 10.7 Å². The van der Waals surface area contributed by atoms with Gasteiger partial charge >= 0.3 is 6.36 Å². The zero-order valence-electron chi connectivity index (χ0n) is 15.7. The molecule has 1 aromatic heterocycles. The average Bonchev–Trinajstić information content (AvgIpc) is 3.25. The molecule has 0 saturated heterocycles. The van der Waals surface area contributed by atoms with E-state index in [1.165, 1.54) is 34.4 Å². The average molecular weight is 431 g/mol. The van der Waals surface area contributed by atoms with Gasteiger partial charge in [0.2, 0.25) is 0 Å². The fourth-order valence-corrected chi connectivity index (χ4v) is 4.01. The zero-order chi connectivity index (χ0) is 21.5. The molecule has 0 aliphatic carbocycles. The van der Waals surface area contributed by atoms with E-state index in [1.807, 2.05) is 36.6 Å². The number of nitrogens with one attached hydrogen (secondary N) is 1. The van der Waals surface area contributed by atoms with Crippen LogP contribution in [-0.2, 0) is 0 Å². The number of aliphatic hydroxyl groups excluding tert-OH is 1. The minimum absolute atomic E-state index is 0.0386. The molecular formula is C21H16F3N3O2S. The smallest absolute Gasteiger partial charge is 0.510 e. The fraction of sp³-hybridized carbons (Fsp3) is 0.143. The Labute approximate surface area is 174 Å². The van der Waals surface area contributed by atoms with Crippen molar-refractivity contribution in [2.75, 3.05) is 11.4 Å². The molecule has 1 aliphatic heterocycles. The van der Waals surface area contributed by atoms with Gasteiger partial charge in [0.1, 0.15) is 22.4 Å². The zero-order valence-corrected chi connectivity index (χ0v) is 16.5. The molecule has 0 spiro atoms. The molecule has 0 saturated carbocycles. The number of thiazole rings is 1.